The minimum Gasteiger partial charge on any atom is -0.366 e. The molecule has 0 radical (unpaired) electrons. The van der Waals surface area contributed by atoms with Crippen molar-refractivity contribution in [1.82, 2.24) is 0 Å². The molecule has 2 aromatic rings. The molecule has 3 heteroatoms. The summed E-state index contributed by atoms with van der Waals surface area (Å²) in [6, 6.07) is 17.4. The van der Waals surface area contributed by atoms with Gasteiger partial charge in [0.05, 0.1) is 6.10 Å². The van der Waals surface area contributed by atoms with E-state index in [0.29, 0.717) is 5.56 Å². The summed E-state index contributed by atoms with van der Waals surface area (Å²) in [4.78, 5) is 12.0. The summed E-state index contributed by atoms with van der Waals surface area (Å²) in [5.74, 6) is 0.0131. The van der Waals surface area contributed by atoms with E-state index in [1.165, 1.54) is 0 Å². The number of ketones is 1. The van der Waals surface area contributed by atoms with Gasteiger partial charge in [-0.3, -0.25) is 4.79 Å². The van der Waals surface area contributed by atoms with E-state index in [1.807, 2.05) is 61.5 Å². The molecule has 2 rings (SSSR count). The van der Waals surface area contributed by atoms with E-state index in [9.17, 15) is 4.79 Å². The first-order valence-corrected chi connectivity index (χ1v) is 7.20. The van der Waals surface area contributed by atoms with Crippen molar-refractivity contribution in [2.24, 2.45) is 0 Å². The Morgan fingerprint density at radius 1 is 1.11 bits per heavy atom. The van der Waals surface area contributed by atoms with Crippen molar-refractivity contribution < 1.29 is 9.53 Å². The molecule has 2 nitrogen and oxygen atoms in total. The first kappa shape index (κ1) is 14.2. The zero-order chi connectivity index (χ0) is 13.7. The number of hydrogen-bond acceptors (Lipinski definition) is 2. The summed E-state index contributed by atoms with van der Waals surface area (Å²) in [6.07, 6.45) is -0.0750. The van der Waals surface area contributed by atoms with Gasteiger partial charge in [-0.1, -0.05) is 42.5 Å². The summed E-state index contributed by atoms with van der Waals surface area (Å²) in [5, 5.41) is 0. The predicted octanol–water partition coefficient (Wildman–Crippen LogP) is 4.25. The molecule has 0 heterocycles. The van der Waals surface area contributed by atoms with Crippen molar-refractivity contribution in [3.63, 3.8) is 0 Å². The van der Waals surface area contributed by atoms with Gasteiger partial charge in [0.15, 0.2) is 5.78 Å². The van der Waals surface area contributed by atoms with E-state index in [0.717, 1.165) is 9.13 Å². The fraction of sp³-hybridized carbons (Fsp3) is 0.188. The lowest BCUT2D eigenvalue weighted by molar-refractivity contribution is 0.0521. The number of rotatable bonds is 5. The number of benzene rings is 2. The van der Waals surface area contributed by atoms with Crippen LogP contribution in [0.1, 0.15) is 28.9 Å². The highest BCUT2D eigenvalue weighted by molar-refractivity contribution is 14.1. The molecule has 98 valence electrons. The number of halogens is 1. The van der Waals surface area contributed by atoms with Gasteiger partial charge in [0.25, 0.3) is 0 Å². The first-order valence-electron chi connectivity index (χ1n) is 6.12. The lowest BCUT2D eigenvalue weighted by atomic mass is 10.1. The lowest BCUT2D eigenvalue weighted by Crippen LogP contribution is -2.11. The standard InChI is InChI=1S/C16H15IO2/c1-12(13-5-3-2-4-6-13)19-11-16(18)14-7-9-15(17)10-8-14/h2-10,12H,11H2,1H3. The molecule has 0 aromatic heterocycles. The Morgan fingerprint density at radius 3 is 2.37 bits per heavy atom. The number of ether oxygens (including phenoxy) is 1. The zero-order valence-electron chi connectivity index (χ0n) is 10.7. The van der Waals surface area contributed by atoms with Gasteiger partial charge in [0.1, 0.15) is 6.61 Å². The van der Waals surface area contributed by atoms with Crippen LogP contribution in [0.5, 0.6) is 0 Å². The second-order valence-electron chi connectivity index (χ2n) is 4.29. The molecule has 1 unspecified atom stereocenters. The third-order valence-corrected chi connectivity index (χ3v) is 3.62. The van der Waals surface area contributed by atoms with Crippen LogP contribution < -0.4 is 0 Å². The van der Waals surface area contributed by atoms with Gasteiger partial charge < -0.3 is 4.74 Å². The van der Waals surface area contributed by atoms with Gasteiger partial charge in [0, 0.05) is 9.13 Å². The number of Topliss-reactive ketones (excluding diaryl/α,β-unsaturated/α-hetero) is 1. The van der Waals surface area contributed by atoms with Gasteiger partial charge >= 0.3 is 0 Å². The summed E-state index contributed by atoms with van der Waals surface area (Å²) in [7, 11) is 0. The summed E-state index contributed by atoms with van der Waals surface area (Å²) in [5.41, 5.74) is 1.78. The molecule has 0 saturated carbocycles. The molecular weight excluding hydrogens is 351 g/mol. The molecule has 0 amide bonds. The normalized spacial score (nSPS) is 12.1. The SMILES string of the molecule is CC(OCC(=O)c1ccc(I)cc1)c1ccccc1. The fourth-order valence-electron chi connectivity index (χ4n) is 1.74. The minimum atomic E-state index is -0.0750. The maximum Gasteiger partial charge on any atom is 0.188 e. The molecule has 0 fully saturated rings. The third kappa shape index (κ3) is 4.14. The van der Waals surface area contributed by atoms with Crippen LogP contribution in [0, 0.1) is 3.57 Å². The molecule has 0 spiro atoms. The van der Waals surface area contributed by atoms with Crippen LogP contribution in [0.25, 0.3) is 0 Å². The molecule has 1 atom stereocenters. The Bertz CT molecular complexity index is 534. The van der Waals surface area contributed by atoms with Crippen molar-refractivity contribution in [2.45, 2.75) is 13.0 Å². The largest absolute Gasteiger partial charge is 0.366 e. The van der Waals surface area contributed by atoms with Crippen LogP contribution in [0.2, 0.25) is 0 Å². The van der Waals surface area contributed by atoms with Crippen LogP contribution in [-0.2, 0) is 4.74 Å². The first-order chi connectivity index (χ1) is 9.16. The third-order valence-electron chi connectivity index (χ3n) is 2.90. The smallest absolute Gasteiger partial charge is 0.188 e. The highest BCUT2D eigenvalue weighted by atomic mass is 127. The van der Waals surface area contributed by atoms with E-state index in [4.69, 9.17) is 4.74 Å². The quantitative estimate of drug-likeness (QED) is 0.584. The van der Waals surface area contributed by atoms with Crippen LogP contribution in [-0.4, -0.2) is 12.4 Å². The molecule has 0 aliphatic heterocycles. The van der Waals surface area contributed by atoms with Gasteiger partial charge in [-0.15, -0.1) is 0 Å². The molecule has 2 aromatic carbocycles. The predicted molar refractivity (Wildman–Crippen MR) is 84.3 cm³/mol. The highest BCUT2D eigenvalue weighted by Gasteiger charge is 2.10. The second kappa shape index (κ2) is 6.82. The number of carbonyl (C=O) groups is 1. The van der Waals surface area contributed by atoms with E-state index < -0.39 is 0 Å². The van der Waals surface area contributed by atoms with E-state index >= 15 is 0 Å². The fourth-order valence-corrected chi connectivity index (χ4v) is 2.10. The Kier molecular flexibility index (Phi) is 5.10. The molecule has 0 saturated heterocycles. The Hall–Kier alpha value is -1.20. The Labute approximate surface area is 126 Å². The molecular formula is C16H15IO2. The number of hydrogen-bond donors (Lipinski definition) is 0. The van der Waals surface area contributed by atoms with Gasteiger partial charge in [-0.2, -0.15) is 0 Å². The van der Waals surface area contributed by atoms with Crippen molar-refractivity contribution >= 4 is 28.4 Å². The summed E-state index contributed by atoms with van der Waals surface area (Å²) < 4.78 is 6.74. The molecule has 0 aliphatic carbocycles. The average molecular weight is 366 g/mol. The molecule has 0 aliphatic rings. The summed E-state index contributed by atoms with van der Waals surface area (Å²) >= 11 is 2.22. The van der Waals surface area contributed by atoms with Gasteiger partial charge in [-0.25, -0.2) is 0 Å². The van der Waals surface area contributed by atoms with E-state index in [2.05, 4.69) is 22.6 Å². The monoisotopic (exact) mass is 366 g/mol. The second-order valence-corrected chi connectivity index (χ2v) is 5.54. The van der Waals surface area contributed by atoms with Crippen LogP contribution in [0.15, 0.2) is 54.6 Å². The van der Waals surface area contributed by atoms with Crippen molar-refractivity contribution in [3.8, 4) is 0 Å². The van der Waals surface area contributed by atoms with E-state index in [1.54, 1.807) is 0 Å². The number of carbonyl (C=O) groups excluding carboxylic acids is 1. The lowest BCUT2D eigenvalue weighted by Gasteiger charge is -2.12. The Morgan fingerprint density at radius 2 is 1.74 bits per heavy atom. The molecule has 19 heavy (non-hydrogen) atoms. The van der Waals surface area contributed by atoms with Gasteiger partial charge in [-0.05, 0) is 47.2 Å². The maximum atomic E-state index is 12.0. The van der Waals surface area contributed by atoms with Crippen molar-refractivity contribution in [2.75, 3.05) is 6.61 Å². The molecule has 0 N–H and O–H groups in total. The summed E-state index contributed by atoms with van der Waals surface area (Å²) in [6.45, 7) is 2.06. The minimum absolute atomic E-state index is 0.0131. The van der Waals surface area contributed by atoms with Crippen molar-refractivity contribution in [1.29, 1.82) is 0 Å². The average Bonchev–Trinajstić information content (AvgIpc) is 2.46. The van der Waals surface area contributed by atoms with E-state index in [-0.39, 0.29) is 18.5 Å². The topological polar surface area (TPSA) is 26.3 Å². The molecule has 0 bridgehead atoms. The Balaban J connectivity index is 1.92. The van der Waals surface area contributed by atoms with Crippen molar-refractivity contribution in [3.05, 3.63) is 69.3 Å². The van der Waals surface area contributed by atoms with Crippen LogP contribution >= 0.6 is 22.6 Å². The highest BCUT2D eigenvalue weighted by Crippen LogP contribution is 2.16. The maximum absolute atomic E-state index is 12.0. The van der Waals surface area contributed by atoms with Gasteiger partial charge in [0.2, 0.25) is 0 Å². The van der Waals surface area contributed by atoms with Crippen LogP contribution in [0.3, 0.4) is 0 Å². The zero-order valence-corrected chi connectivity index (χ0v) is 12.8. The van der Waals surface area contributed by atoms with Crippen LogP contribution in [0.4, 0.5) is 0 Å².